The molecule has 43 heavy (non-hydrogen) atoms. The summed E-state index contributed by atoms with van der Waals surface area (Å²) < 4.78 is 43.0. The van der Waals surface area contributed by atoms with Gasteiger partial charge in [0.2, 0.25) is 11.8 Å². The van der Waals surface area contributed by atoms with Crippen LogP contribution in [-0.2, 0) is 32.6 Å². The molecule has 4 aromatic carbocycles. The van der Waals surface area contributed by atoms with Gasteiger partial charge >= 0.3 is 0 Å². The standard InChI is InChI=1S/C34H36FN3O4S/c1-4-36-34(40)32(22-27-11-6-5-7-12-27)37(23-28-16-18-29(35)19-17-28)33(39)24-38(31-13-9-8-10-26(31)3)43(41,42)30-20-14-25(2)15-21-30/h5-21,32H,4,22-24H2,1-3H3,(H,36,40). The fourth-order valence-electron chi connectivity index (χ4n) is 4.83. The lowest BCUT2D eigenvalue weighted by Gasteiger charge is -2.34. The third-order valence-corrected chi connectivity index (χ3v) is 8.93. The summed E-state index contributed by atoms with van der Waals surface area (Å²) in [6.45, 7) is 5.20. The van der Waals surface area contributed by atoms with E-state index in [9.17, 15) is 22.4 Å². The predicted molar refractivity (Wildman–Crippen MR) is 166 cm³/mol. The van der Waals surface area contributed by atoms with E-state index < -0.39 is 34.3 Å². The first kappa shape index (κ1) is 31.4. The van der Waals surface area contributed by atoms with Gasteiger partial charge in [-0.2, -0.15) is 0 Å². The number of anilines is 1. The molecule has 1 N–H and O–H groups in total. The van der Waals surface area contributed by atoms with E-state index in [0.717, 1.165) is 15.4 Å². The molecular weight excluding hydrogens is 565 g/mol. The Morgan fingerprint density at radius 2 is 1.44 bits per heavy atom. The van der Waals surface area contributed by atoms with Gasteiger partial charge in [-0.25, -0.2) is 12.8 Å². The normalized spacial score (nSPS) is 11.9. The van der Waals surface area contributed by atoms with Crippen molar-refractivity contribution in [2.24, 2.45) is 0 Å². The van der Waals surface area contributed by atoms with Crippen LogP contribution in [0.4, 0.5) is 10.1 Å². The summed E-state index contributed by atoms with van der Waals surface area (Å²) in [5.41, 5.74) is 3.35. The van der Waals surface area contributed by atoms with Crippen LogP contribution in [0.5, 0.6) is 0 Å². The number of nitrogens with one attached hydrogen (secondary N) is 1. The summed E-state index contributed by atoms with van der Waals surface area (Å²) >= 11 is 0. The molecule has 0 spiro atoms. The van der Waals surface area contributed by atoms with Crippen molar-refractivity contribution in [3.63, 3.8) is 0 Å². The third kappa shape index (κ3) is 7.87. The van der Waals surface area contributed by atoms with Crippen molar-refractivity contribution in [1.29, 1.82) is 0 Å². The van der Waals surface area contributed by atoms with Crippen molar-refractivity contribution in [2.75, 3.05) is 17.4 Å². The van der Waals surface area contributed by atoms with E-state index in [1.54, 1.807) is 62.4 Å². The number of likely N-dealkylation sites (N-methyl/N-ethyl adjacent to an activating group) is 1. The smallest absolute Gasteiger partial charge is 0.264 e. The second-order valence-electron chi connectivity index (χ2n) is 10.4. The summed E-state index contributed by atoms with van der Waals surface area (Å²) in [6.07, 6.45) is 0.203. The number of carbonyl (C=O) groups is 2. The van der Waals surface area contributed by atoms with Crippen LogP contribution in [0.3, 0.4) is 0 Å². The van der Waals surface area contributed by atoms with E-state index in [-0.39, 0.29) is 23.8 Å². The van der Waals surface area contributed by atoms with Crippen molar-refractivity contribution >= 4 is 27.5 Å². The highest BCUT2D eigenvalue weighted by Crippen LogP contribution is 2.28. The van der Waals surface area contributed by atoms with Crippen molar-refractivity contribution < 1.29 is 22.4 Å². The van der Waals surface area contributed by atoms with Crippen LogP contribution in [0.2, 0.25) is 0 Å². The second-order valence-corrected chi connectivity index (χ2v) is 12.2. The number of nitrogens with zero attached hydrogens (tertiary/aromatic N) is 2. The Bertz CT molecular complexity index is 1640. The second kappa shape index (κ2) is 14.1. The molecule has 0 saturated heterocycles. The predicted octanol–water partition coefficient (Wildman–Crippen LogP) is 5.41. The van der Waals surface area contributed by atoms with Crippen LogP contribution in [0.1, 0.15) is 29.2 Å². The molecule has 0 fully saturated rings. The van der Waals surface area contributed by atoms with Gasteiger partial charge in [0.25, 0.3) is 10.0 Å². The van der Waals surface area contributed by atoms with Gasteiger partial charge in [-0.05, 0) is 67.8 Å². The van der Waals surface area contributed by atoms with E-state index in [4.69, 9.17) is 0 Å². The molecule has 4 rings (SSSR count). The van der Waals surface area contributed by atoms with Crippen LogP contribution in [-0.4, -0.2) is 44.3 Å². The molecule has 4 aromatic rings. The lowest BCUT2D eigenvalue weighted by atomic mass is 10.0. The number of carbonyl (C=O) groups excluding carboxylic acids is 2. The molecule has 2 amide bonds. The molecule has 0 saturated carbocycles. The fraction of sp³-hybridized carbons (Fsp3) is 0.235. The minimum Gasteiger partial charge on any atom is -0.355 e. The van der Waals surface area contributed by atoms with E-state index in [1.165, 1.54) is 29.2 Å². The molecule has 0 heterocycles. The number of amides is 2. The summed E-state index contributed by atoms with van der Waals surface area (Å²) in [5, 5.41) is 2.83. The third-order valence-electron chi connectivity index (χ3n) is 7.16. The Labute approximate surface area is 253 Å². The molecule has 7 nitrogen and oxygen atoms in total. The minimum absolute atomic E-state index is 0.0278. The van der Waals surface area contributed by atoms with Crippen molar-refractivity contribution in [3.05, 3.63) is 131 Å². The van der Waals surface area contributed by atoms with Crippen LogP contribution < -0.4 is 9.62 Å². The summed E-state index contributed by atoms with van der Waals surface area (Å²) in [7, 11) is -4.18. The van der Waals surface area contributed by atoms with Crippen molar-refractivity contribution in [3.8, 4) is 0 Å². The average Bonchev–Trinajstić information content (AvgIpc) is 3.00. The zero-order valence-corrected chi connectivity index (χ0v) is 25.4. The Morgan fingerprint density at radius 3 is 2.07 bits per heavy atom. The van der Waals surface area contributed by atoms with Gasteiger partial charge in [0.15, 0.2) is 0 Å². The molecule has 0 aromatic heterocycles. The van der Waals surface area contributed by atoms with Crippen molar-refractivity contribution in [2.45, 2.75) is 44.7 Å². The molecule has 9 heteroatoms. The SMILES string of the molecule is CCNC(=O)C(Cc1ccccc1)N(Cc1ccc(F)cc1)C(=O)CN(c1ccccc1C)S(=O)(=O)c1ccc(C)cc1. The average molecular weight is 602 g/mol. The van der Waals surface area contributed by atoms with Crippen LogP contribution in [0, 0.1) is 19.7 Å². The first-order valence-corrected chi connectivity index (χ1v) is 15.5. The molecule has 0 bridgehead atoms. The van der Waals surface area contributed by atoms with Gasteiger partial charge in [0.1, 0.15) is 18.4 Å². The number of hydrogen-bond donors (Lipinski definition) is 1. The molecule has 0 aliphatic rings. The number of rotatable bonds is 12. The summed E-state index contributed by atoms with van der Waals surface area (Å²) in [5.74, 6) is -1.37. The topological polar surface area (TPSA) is 86.8 Å². The van der Waals surface area contributed by atoms with Crippen LogP contribution in [0.25, 0.3) is 0 Å². The largest absolute Gasteiger partial charge is 0.355 e. The lowest BCUT2D eigenvalue weighted by molar-refractivity contribution is -0.140. The first-order chi connectivity index (χ1) is 20.6. The molecule has 0 aliphatic carbocycles. The molecular formula is C34H36FN3O4S. The number of aryl methyl sites for hydroxylation is 2. The van der Waals surface area contributed by atoms with E-state index >= 15 is 0 Å². The van der Waals surface area contributed by atoms with Gasteiger partial charge in [0.05, 0.1) is 10.6 Å². The van der Waals surface area contributed by atoms with Gasteiger partial charge in [-0.3, -0.25) is 13.9 Å². The lowest BCUT2D eigenvalue weighted by Crippen LogP contribution is -2.53. The molecule has 1 unspecified atom stereocenters. The molecule has 0 aliphatic heterocycles. The number of hydrogen-bond acceptors (Lipinski definition) is 4. The van der Waals surface area contributed by atoms with E-state index in [1.807, 2.05) is 37.3 Å². The summed E-state index contributed by atoms with van der Waals surface area (Å²) in [4.78, 5) is 29.3. The molecule has 1 atom stereocenters. The van der Waals surface area contributed by atoms with Gasteiger partial charge < -0.3 is 10.2 Å². The number of sulfonamides is 1. The van der Waals surface area contributed by atoms with E-state index in [2.05, 4.69) is 5.32 Å². The maximum atomic E-state index is 14.3. The number of halogens is 1. The Balaban J connectivity index is 1.80. The van der Waals surface area contributed by atoms with Gasteiger partial charge in [-0.15, -0.1) is 0 Å². The zero-order chi connectivity index (χ0) is 31.0. The minimum atomic E-state index is -4.18. The Hall–Kier alpha value is -4.50. The zero-order valence-electron chi connectivity index (χ0n) is 24.5. The Kier molecular flexibility index (Phi) is 10.3. The van der Waals surface area contributed by atoms with Crippen LogP contribution in [0.15, 0.2) is 108 Å². The van der Waals surface area contributed by atoms with Crippen LogP contribution >= 0.6 is 0 Å². The maximum absolute atomic E-state index is 14.3. The van der Waals surface area contributed by atoms with E-state index in [0.29, 0.717) is 23.4 Å². The van der Waals surface area contributed by atoms with Gasteiger partial charge in [-0.1, -0.05) is 78.4 Å². The monoisotopic (exact) mass is 601 g/mol. The van der Waals surface area contributed by atoms with Gasteiger partial charge in [0, 0.05) is 19.5 Å². The highest BCUT2D eigenvalue weighted by molar-refractivity contribution is 7.92. The van der Waals surface area contributed by atoms with Crippen molar-refractivity contribution in [1.82, 2.24) is 10.2 Å². The number of benzene rings is 4. The number of para-hydroxylation sites is 1. The first-order valence-electron chi connectivity index (χ1n) is 14.1. The highest BCUT2D eigenvalue weighted by Gasteiger charge is 2.34. The quantitative estimate of drug-likeness (QED) is 0.235. The fourth-order valence-corrected chi connectivity index (χ4v) is 6.31. The molecule has 224 valence electrons. The highest BCUT2D eigenvalue weighted by atomic mass is 32.2. The Morgan fingerprint density at radius 1 is 0.814 bits per heavy atom. The molecule has 0 radical (unpaired) electrons. The summed E-state index contributed by atoms with van der Waals surface area (Å²) in [6, 6.07) is 27.4. The maximum Gasteiger partial charge on any atom is 0.264 e.